The van der Waals surface area contributed by atoms with Gasteiger partial charge in [-0.1, -0.05) is 55.2 Å². The maximum absolute atomic E-state index is 12.2. The third-order valence-corrected chi connectivity index (χ3v) is 5.18. The fraction of sp³-hybridized carbons (Fsp3) is 0.286. The lowest BCUT2D eigenvalue weighted by Gasteiger charge is -2.15. The van der Waals surface area contributed by atoms with Gasteiger partial charge in [-0.15, -0.1) is 0 Å². The number of carbonyl (C=O) groups excluding carboxylic acids is 1. The van der Waals surface area contributed by atoms with E-state index >= 15 is 0 Å². The molecular weight excluding hydrogens is 342 g/mol. The Hall–Kier alpha value is -1.22. The van der Waals surface area contributed by atoms with Gasteiger partial charge in [-0.2, -0.15) is 0 Å². The van der Waals surface area contributed by atoms with Gasteiger partial charge in [0.15, 0.2) is 0 Å². The molecule has 0 unspecified atom stereocenters. The highest BCUT2D eigenvalue weighted by molar-refractivity contribution is 8.26. The Labute approximate surface area is 139 Å². The number of aryl methyl sites for hydroxylation is 1. The van der Waals surface area contributed by atoms with Gasteiger partial charge < -0.3 is 4.55 Å². The van der Waals surface area contributed by atoms with E-state index in [1.165, 1.54) is 5.56 Å². The quantitative estimate of drug-likeness (QED) is 0.456. The lowest BCUT2D eigenvalue weighted by molar-refractivity contribution is -0.121. The normalized spacial score (nSPS) is 17.5. The number of nitrogens with zero attached hydrogens (tertiary/aromatic N) is 1. The molecule has 118 valence electrons. The molecule has 0 spiro atoms. The van der Waals surface area contributed by atoms with Crippen LogP contribution in [0.1, 0.15) is 18.1 Å². The van der Waals surface area contributed by atoms with Crippen LogP contribution in [0.2, 0.25) is 0 Å². The number of hydrogen-bond donors (Lipinski definition) is 0. The van der Waals surface area contributed by atoms with Crippen LogP contribution in [0.5, 0.6) is 0 Å². The van der Waals surface area contributed by atoms with Crippen LogP contribution in [0.25, 0.3) is 6.08 Å². The van der Waals surface area contributed by atoms with Crippen molar-refractivity contribution in [2.24, 2.45) is 0 Å². The molecule has 1 amide bonds. The first-order valence-electron chi connectivity index (χ1n) is 6.58. The van der Waals surface area contributed by atoms with Crippen molar-refractivity contribution in [2.45, 2.75) is 13.3 Å². The Bertz CT molecular complexity index is 723. The molecule has 0 saturated carbocycles. The molecule has 0 aliphatic carbocycles. The minimum absolute atomic E-state index is 0.206. The fourth-order valence-corrected chi connectivity index (χ4v) is 3.61. The number of carbonyl (C=O) groups is 1. The average molecular weight is 356 g/mol. The van der Waals surface area contributed by atoms with E-state index in [0.29, 0.717) is 4.91 Å². The summed E-state index contributed by atoms with van der Waals surface area (Å²) in [5, 5.41) is 0. The van der Waals surface area contributed by atoms with Crippen molar-refractivity contribution >= 4 is 50.4 Å². The molecule has 1 heterocycles. The number of thioether (sulfide) groups is 1. The van der Waals surface area contributed by atoms with E-state index < -0.39 is 15.9 Å². The summed E-state index contributed by atoms with van der Waals surface area (Å²) in [6.07, 6.45) is 2.65. The second-order valence-electron chi connectivity index (χ2n) is 4.69. The highest BCUT2D eigenvalue weighted by atomic mass is 32.2. The van der Waals surface area contributed by atoms with Gasteiger partial charge in [0, 0.05) is 6.54 Å². The van der Waals surface area contributed by atoms with Crippen LogP contribution in [0, 0.1) is 0 Å². The molecule has 22 heavy (non-hydrogen) atoms. The molecule has 0 atom stereocenters. The van der Waals surface area contributed by atoms with Crippen molar-refractivity contribution in [3.05, 3.63) is 40.3 Å². The first-order chi connectivity index (χ1) is 10.3. The standard InChI is InChI=1S/C14H15NO4S3/c1-2-10-3-5-11(6-4-10)9-12-13(16)15(14(20)21-12)7-8-22(17,18)19/h3-6,9H,2,7-8H2,1H3,(H,17,18,19)/p-1/b12-9+. The van der Waals surface area contributed by atoms with Gasteiger partial charge in [0.25, 0.3) is 5.91 Å². The molecule has 2 rings (SSSR count). The van der Waals surface area contributed by atoms with E-state index in [0.717, 1.165) is 28.6 Å². The van der Waals surface area contributed by atoms with Crippen LogP contribution in [0.3, 0.4) is 0 Å². The molecule has 1 saturated heterocycles. The minimum atomic E-state index is -4.37. The van der Waals surface area contributed by atoms with E-state index in [4.69, 9.17) is 12.2 Å². The van der Waals surface area contributed by atoms with Gasteiger partial charge in [0.1, 0.15) is 4.32 Å². The Morgan fingerprint density at radius 1 is 1.32 bits per heavy atom. The van der Waals surface area contributed by atoms with E-state index in [1.54, 1.807) is 6.08 Å². The van der Waals surface area contributed by atoms with Gasteiger partial charge in [0.05, 0.1) is 20.8 Å². The molecule has 0 bridgehead atoms. The van der Waals surface area contributed by atoms with Crippen molar-refractivity contribution < 1.29 is 17.8 Å². The van der Waals surface area contributed by atoms with E-state index in [1.807, 2.05) is 24.3 Å². The molecule has 1 fully saturated rings. The van der Waals surface area contributed by atoms with Crippen molar-refractivity contribution in [1.29, 1.82) is 0 Å². The van der Waals surface area contributed by atoms with Crippen LogP contribution in [0.4, 0.5) is 0 Å². The number of amides is 1. The summed E-state index contributed by atoms with van der Waals surface area (Å²) in [6.45, 7) is 1.85. The van der Waals surface area contributed by atoms with Gasteiger partial charge in [-0.05, 0) is 23.6 Å². The third kappa shape index (κ3) is 4.39. The van der Waals surface area contributed by atoms with Crippen LogP contribution in [-0.4, -0.2) is 40.4 Å². The second kappa shape index (κ2) is 6.91. The zero-order valence-electron chi connectivity index (χ0n) is 11.8. The van der Waals surface area contributed by atoms with Crippen molar-refractivity contribution in [3.63, 3.8) is 0 Å². The molecule has 1 aliphatic rings. The summed E-state index contributed by atoms with van der Waals surface area (Å²) in [4.78, 5) is 13.8. The van der Waals surface area contributed by atoms with Gasteiger partial charge in [-0.3, -0.25) is 9.69 Å². The summed E-state index contributed by atoms with van der Waals surface area (Å²) in [7, 11) is -4.37. The molecule has 0 aromatic heterocycles. The molecule has 1 aliphatic heterocycles. The van der Waals surface area contributed by atoms with E-state index in [9.17, 15) is 17.8 Å². The van der Waals surface area contributed by atoms with Crippen molar-refractivity contribution in [1.82, 2.24) is 4.90 Å². The van der Waals surface area contributed by atoms with Crippen molar-refractivity contribution in [2.75, 3.05) is 12.3 Å². The monoisotopic (exact) mass is 356 g/mol. The SMILES string of the molecule is CCc1ccc(/C=C2/SC(=S)N(CCS(=O)(=O)[O-])C2=O)cc1. The number of hydrogen-bond acceptors (Lipinski definition) is 6. The number of benzene rings is 1. The first-order valence-corrected chi connectivity index (χ1v) is 9.38. The Morgan fingerprint density at radius 2 is 1.95 bits per heavy atom. The van der Waals surface area contributed by atoms with Crippen LogP contribution in [0.15, 0.2) is 29.2 Å². The third-order valence-electron chi connectivity index (χ3n) is 3.12. The zero-order valence-corrected chi connectivity index (χ0v) is 14.3. The second-order valence-corrected chi connectivity index (χ2v) is 7.89. The molecular formula is C14H14NO4S3-. The molecule has 1 aromatic rings. The topological polar surface area (TPSA) is 77.5 Å². The minimum Gasteiger partial charge on any atom is -0.748 e. The molecule has 5 nitrogen and oxygen atoms in total. The van der Waals surface area contributed by atoms with Gasteiger partial charge >= 0.3 is 0 Å². The fourth-order valence-electron chi connectivity index (χ4n) is 1.90. The van der Waals surface area contributed by atoms with Gasteiger partial charge in [0.2, 0.25) is 0 Å². The van der Waals surface area contributed by atoms with E-state index in [2.05, 4.69) is 6.92 Å². The maximum Gasteiger partial charge on any atom is 0.266 e. The number of thiocarbonyl (C=S) groups is 1. The predicted molar refractivity (Wildman–Crippen MR) is 90.3 cm³/mol. The summed E-state index contributed by atoms with van der Waals surface area (Å²) >= 11 is 6.18. The molecule has 1 aromatic carbocycles. The molecule has 0 N–H and O–H groups in total. The van der Waals surface area contributed by atoms with Crippen molar-refractivity contribution in [3.8, 4) is 0 Å². The summed E-state index contributed by atoms with van der Waals surface area (Å²) in [6, 6.07) is 7.79. The Morgan fingerprint density at radius 3 is 2.50 bits per heavy atom. The average Bonchev–Trinajstić information content (AvgIpc) is 2.71. The van der Waals surface area contributed by atoms with E-state index in [-0.39, 0.29) is 16.8 Å². The Balaban J connectivity index is 2.14. The summed E-state index contributed by atoms with van der Waals surface area (Å²) < 4.78 is 32.3. The largest absolute Gasteiger partial charge is 0.748 e. The van der Waals surface area contributed by atoms with Crippen LogP contribution >= 0.6 is 24.0 Å². The van der Waals surface area contributed by atoms with Crippen LogP contribution < -0.4 is 0 Å². The zero-order chi connectivity index (χ0) is 16.3. The molecule has 0 radical (unpaired) electrons. The van der Waals surface area contributed by atoms with Crippen LogP contribution in [-0.2, 0) is 21.3 Å². The maximum atomic E-state index is 12.2. The first kappa shape index (κ1) is 17.1. The highest BCUT2D eigenvalue weighted by Crippen LogP contribution is 2.32. The lowest BCUT2D eigenvalue weighted by atomic mass is 10.1. The number of rotatable bonds is 5. The lowest BCUT2D eigenvalue weighted by Crippen LogP contribution is -2.32. The Kier molecular flexibility index (Phi) is 5.38. The molecule has 8 heteroatoms. The predicted octanol–water partition coefficient (Wildman–Crippen LogP) is 2.00. The highest BCUT2D eigenvalue weighted by Gasteiger charge is 2.31. The summed E-state index contributed by atoms with van der Waals surface area (Å²) in [5.74, 6) is -1.00. The van der Waals surface area contributed by atoms with Gasteiger partial charge in [-0.25, -0.2) is 8.42 Å². The summed E-state index contributed by atoms with van der Waals surface area (Å²) in [5.41, 5.74) is 2.07. The smallest absolute Gasteiger partial charge is 0.266 e.